The van der Waals surface area contributed by atoms with Gasteiger partial charge in [-0.25, -0.2) is 0 Å². The van der Waals surface area contributed by atoms with Crippen molar-refractivity contribution in [3.8, 4) is 0 Å². The maximum Gasteiger partial charge on any atom is 0.0570 e. The Bertz CT molecular complexity index is 347. The molecule has 100 valence electrons. The van der Waals surface area contributed by atoms with Gasteiger partial charge in [-0.3, -0.25) is 4.98 Å². The van der Waals surface area contributed by atoms with Gasteiger partial charge in [0, 0.05) is 18.3 Å². The Morgan fingerprint density at radius 2 is 2.06 bits per heavy atom. The molecule has 1 N–H and O–H groups in total. The molecule has 0 amide bonds. The maximum atomic E-state index is 4.44. The number of nitrogens with one attached hydrogen (secondary N) is 1. The lowest BCUT2D eigenvalue weighted by atomic mass is 9.79. The highest BCUT2D eigenvalue weighted by atomic mass is 15.0. The Labute approximate surface area is 111 Å². The first-order valence-corrected chi connectivity index (χ1v) is 7.33. The summed E-state index contributed by atoms with van der Waals surface area (Å²) in [5.74, 6) is 1.71. The highest BCUT2D eigenvalue weighted by Crippen LogP contribution is 2.30. The van der Waals surface area contributed by atoms with E-state index in [2.05, 4.69) is 43.2 Å². The van der Waals surface area contributed by atoms with Crippen LogP contribution in [0.1, 0.15) is 58.2 Å². The summed E-state index contributed by atoms with van der Waals surface area (Å²) in [4.78, 5) is 4.44. The molecule has 3 atom stereocenters. The van der Waals surface area contributed by atoms with Crippen molar-refractivity contribution in [2.75, 3.05) is 0 Å². The minimum atomic E-state index is 0.363. The van der Waals surface area contributed by atoms with Crippen LogP contribution in [0.2, 0.25) is 0 Å². The van der Waals surface area contributed by atoms with Crippen molar-refractivity contribution in [3.05, 3.63) is 30.1 Å². The molecule has 1 heterocycles. The molecule has 1 fully saturated rings. The van der Waals surface area contributed by atoms with Gasteiger partial charge in [0.1, 0.15) is 0 Å². The van der Waals surface area contributed by atoms with E-state index < -0.39 is 0 Å². The number of pyridine rings is 1. The van der Waals surface area contributed by atoms with E-state index in [1.54, 1.807) is 0 Å². The summed E-state index contributed by atoms with van der Waals surface area (Å²) in [6.45, 7) is 6.94. The largest absolute Gasteiger partial charge is 0.306 e. The van der Waals surface area contributed by atoms with Crippen molar-refractivity contribution < 1.29 is 0 Å². The van der Waals surface area contributed by atoms with Gasteiger partial charge in [0.15, 0.2) is 0 Å². The minimum Gasteiger partial charge on any atom is -0.306 e. The van der Waals surface area contributed by atoms with Gasteiger partial charge in [-0.1, -0.05) is 32.8 Å². The third kappa shape index (κ3) is 3.55. The summed E-state index contributed by atoms with van der Waals surface area (Å²) in [6.07, 6.45) is 7.31. The second kappa shape index (κ2) is 6.33. The third-order valence-electron chi connectivity index (χ3n) is 4.27. The van der Waals surface area contributed by atoms with Crippen LogP contribution in [-0.4, -0.2) is 11.0 Å². The van der Waals surface area contributed by atoms with E-state index >= 15 is 0 Å². The number of rotatable bonds is 4. The number of aromatic nitrogens is 1. The molecular weight excluding hydrogens is 220 g/mol. The SMILES string of the molecule is CC(C)C1CCCC(N[C@@H](C)c2ccccn2)C1. The highest BCUT2D eigenvalue weighted by Gasteiger charge is 2.25. The summed E-state index contributed by atoms with van der Waals surface area (Å²) < 4.78 is 0. The van der Waals surface area contributed by atoms with E-state index in [0.29, 0.717) is 12.1 Å². The van der Waals surface area contributed by atoms with Crippen molar-refractivity contribution >= 4 is 0 Å². The number of nitrogens with zero attached hydrogens (tertiary/aromatic N) is 1. The Balaban J connectivity index is 1.89. The number of hydrogen-bond acceptors (Lipinski definition) is 2. The first kappa shape index (κ1) is 13.5. The smallest absolute Gasteiger partial charge is 0.0570 e. The Morgan fingerprint density at radius 3 is 2.72 bits per heavy atom. The summed E-state index contributed by atoms with van der Waals surface area (Å²) >= 11 is 0. The summed E-state index contributed by atoms with van der Waals surface area (Å²) in [7, 11) is 0. The molecule has 1 aromatic rings. The van der Waals surface area contributed by atoms with Crippen LogP contribution in [0.25, 0.3) is 0 Å². The van der Waals surface area contributed by atoms with Crippen LogP contribution in [0, 0.1) is 11.8 Å². The normalized spacial score (nSPS) is 26.2. The van der Waals surface area contributed by atoms with Crippen molar-refractivity contribution in [1.82, 2.24) is 10.3 Å². The molecule has 2 heteroatoms. The van der Waals surface area contributed by atoms with Gasteiger partial charge in [-0.15, -0.1) is 0 Å². The average molecular weight is 246 g/mol. The lowest BCUT2D eigenvalue weighted by Gasteiger charge is -2.33. The molecule has 1 saturated carbocycles. The van der Waals surface area contributed by atoms with Gasteiger partial charge < -0.3 is 5.32 Å². The van der Waals surface area contributed by atoms with E-state index in [1.807, 2.05) is 12.3 Å². The molecule has 0 bridgehead atoms. The van der Waals surface area contributed by atoms with Crippen LogP contribution in [0.4, 0.5) is 0 Å². The van der Waals surface area contributed by atoms with Gasteiger partial charge in [-0.05, 0) is 43.7 Å². The molecule has 1 aliphatic carbocycles. The topological polar surface area (TPSA) is 24.9 Å². The van der Waals surface area contributed by atoms with Crippen molar-refractivity contribution in [2.24, 2.45) is 11.8 Å². The molecule has 0 saturated heterocycles. The standard InChI is InChI=1S/C16H26N2/c1-12(2)14-7-6-8-15(11-14)18-13(3)16-9-4-5-10-17-16/h4-5,9-10,12-15,18H,6-8,11H2,1-3H3/t13-,14?,15?/m0/s1. The molecule has 0 aliphatic heterocycles. The number of hydrogen-bond donors (Lipinski definition) is 1. The predicted octanol–water partition coefficient (Wildman–Crippen LogP) is 3.95. The molecule has 2 unspecified atom stereocenters. The first-order valence-electron chi connectivity index (χ1n) is 7.33. The van der Waals surface area contributed by atoms with Gasteiger partial charge in [-0.2, -0.15) is 0 Å². The zero-order valence-corrected chi connectivity index (χ0v) is 11.9. The van der Waals surface area contributed by atoms with E-state index in [1.165, 1.54) is 25.7 Å². The van der Waals surface area contributed by atoms with E-state index in [4.69, 9.17) is 0 Å². The van der Waals surface area contributed by atoms with Crippen LogP contribution in [-0.2, 0) is 0 Å². The fraction of sp³-hybridized carbons (Fsp3) is 0.688. The Kier molecular flexibility index (Phi) is 4.76. The molecule has 1 aliphatic rings. The Morgan fingerprint density at radius 1 is 1.22 bits per heavy atom. The first-order chi connectivity index (χ1) is 8.66. The van der Waals surface area contributed by atoms with Crippen molar-refractivity contribution in [1.29, 1.82) is 0 Å². The molecule has 0 spiro atoms. The lowest BCUT2D eigenvalue weighted by Crippen LogP contribution is -2.37. The zero-order chi connectivity index (χ0) is 13.0. The van der Waals surface area contributed by atoms with Gasteiger partial charge in [0.25, 0.3) is 0 Å². The summed E-state index contributed by atoms with van der Waals surface area (Å²) in [6, 6.07) is 7.19. The molecule has 1 aromatic heterocycles. The maximum absolute atomic E-state index is 4.44. The second-order valence-electron chi connectivity index (χ2n) is 6.01. The molecule has 2 rings (SSSR count). The van der Waals surface area contributed by atoms with Crippen LogP contribution in [0.5, 0.6) is 0 Å². The fourth-order valence-corrected chi connectivity index (χ4v) is 3.06. The van der Waals surface area contributed by atoms with E-state index in [9.17, 15) is 0 Å². The third-order valence-corrected chi connectivity index (χ3v) is 4.27. The minimum absolute atomic E-state index is 0.363. The van der Waals surface area contributed by atoms with Crippen molar-refractivity contribution in [2.45, 2.75) is 58.5 Å². The van der Waals surface area contributed by atoms with E-state index in [0.717, 1.165) is 17.5 Å². The molecular formula is C16H26N2. The van der Waals surface area contributed by atoms with Crippen molar-refractivity contribution in [3.63, 3.8) is 0 Å². The van der Waals surface area contributed by atoms with Crippen LogP contribution in [0.15, 0.2) is 24.4 Å². The fourth-order valence-electron chi connectivity index (χ4n) is 3.06. The quantitative estimate of drug-likeness (QED) is 0.870. The Hall–Kier alpha value is -0.890. The lowest BCUT2D eigenvalue weighted by molar-refractivity contribution is 0.222. The predicted molar refractivity (Wildman–Crippen MR) is 76.4 cm³/mol. The molecule has 2 nitrogen and oxygen atoms in total. The van der Waals surface area contributed by atoms with Gasteiger partial charge in [0.2, 0.25) is 0 Å². The molecule has 0 aromatic carbocycles. The van der Waals surface area contributed by atoms with E-state index in [-0.39, 0.29) is 0 Å². The summed E-state index contributed by atoms with van der Waals surface area (Å²) in [5, 5.41) is 3.76. The average Bonchev–Trinajstić information content (AvgIpc) is 2.40. The van der Waals surface area contributed by atoms with Gasteiger partial charge >= 0.3 is 0 Å². The highest BCUT2D eigenvalue weighted by molar-refractivity contribution is 5.08. The van der Waals surface area contributed by atoms with Crippen LogP contribution in [0.3, 0.4) is 0 Å². The monoisotopic (exact) mass is 246 g/mol. The van der Waals surface area contributed by atoms with Crippen LogP contribution < -0.4 is 5.32 Å². The summed E-state index contributed by atoms with van der Waals surface area (Å²) in [5.41, 5.74) is 1.16. The van der Waals surface area contributed by atoms with Crippen LogP contribution >= 0.6 is 0 Å². The molecule has 0 radical (unpaired) electrons. The van der Waals surface area contributed by atoms with Gasteiger partial charge in [0.05, 0.1) is 5.69 Å². The molecule has 18 heavy (non-hydrogen) atoms. The zero-order valence-electron chi connectivity index (χ0n) is 11.9. The second-order valence-corrected chi connectivity index (χ2v) is 6.01.